The van der Waals surface area contributed by atoms with Crippen molar-refractivity contribution >= 4 is 23.2 Å². The van der Waals surface area contributed by atoms with Crippen molar-refractivity contribution in [3.63, 3.8) is 0 Å². The molecule has 3 rings (SSSR count). The first kappa shape index (κ1) is 15.9. The predicted octanol–water partition coefficient (Wildman–Crippen LogP) is 2.19. The largest absolute Gasteiger partial charge is 0.339 e. The van der Waals surface area contributed by atoms with Crippen molar-refractivity contribution < 1.29 is 14.1 Å². The minimum atomic E-state index is -0.373. The number of nitrogens with zero attached hydrogens (tertiary/aromatic N) is 2. The van der Waals surface area contributed by atoms with E-state index in [-0.39, 0.29) is 18.2 Å². The van der Waals surface area contributed by atoms with E-state index in [4.69, 9.17) is 4.52 Å². The molecule has 0 spiro atoms. The Morgan fingerprint density at radius 2 is 1.92 bits per heavy atom. The van der Waals surface area contributed by atoms with Gasteiger partial charge in [0.1, 0.15) is 0 Å². The number of hydrogen-bond donors (Lipinski definition) is 2. The van der Waals surface area contributed by atoms with Gasteiger partial charge in [-0.25, -0.2) is 0 Å². The molecule has 0 fully saturated rings. The van der Waals surface area contributed by atoms with E-state index in [1.165, 1.54) is 11.3 Å². The predicted molar refractivity (Wildman–Crippen MR) is 88.0 cm³/mol. The Morgan fingerprint density at radius 1 is 1.08 bits per heavy atom. The molecule has 0 bridgehead atoms. The lowest BCUT2D eigenvalue weighted by atomic mass is 10.2. The van der Waals surface area contributed by atoms with Gasteiger partial charge in [0, 0.05) is 18.4 Å². The molecular weight excluding hydrogens is 328 g/mol. The number of amides is 2. The summed E-state index contributed by atoms with van der Waals surface area (Å²) >= 11 is 1.51. The minimum Gasteiger partial charge on any atom is -0.339 e. The van der Waals surface area contributed by atoms with Crippen LogP contribution >= 0.6 is 11.3 Å². The van der Waals surface area contributed by atoms with Crippen molar-refractivity contribution in [3.8, 4) is 10.7 Å². The second-order valence-corrected chi connectivity index (χ2v) is 5.81. The molecule has 8 heteroatoms. The van der Waals surface area contributed by atoms with Gasteiger partial charge in [-0.2, -0.15) is 4.98 Å². The second kappa shape index (κ2) is 7.51. The molecule has 3 aromatic rings. The summed E-state index contributed by atoms with van der Waals surface area (Å²) in [6, 6.07) is 12.4. The number of thiophene rings is 1. The zero-order chi connectivity index (χ0) is 16.8. The molecule has 0 unspecified atom stereocenters. The molecule has 0 aliphatic carbocycles. The monoisotopic (exact) mass is 342 g/mol. The molecule has 2 aromatic heterocycles. The molecule has 7 nitrogen and oxygen atoms in total. The summed E-state index contributed by atoms with van der Waals surface area (Å²) in [6.45, 7) is 0. The molecule has 0 atom stereocenters. The van der Waals surface area contributed by atoms with E-state index < -0.39 is 0 Å². The molecule has 2 amide bonds. The number of carbonyl (C=O) groups excluding carboxylic acids is 2. The summed E-state index contributed by atoms with van der Waals surface area (Å²) in [6.07, 6.45) is 0.423. The number of rotatable bonds is 5. The van der Waals surface area contributed by atoms with E-state index in [1.807, 2.05) is 23.6 Å². The van der Waals surface area contributed by atoms with Gasteiger partial charge in [-0.15, -0.1) is 11.3 Å². The van der Waals surface area contributed by atoms with Crippen molar-refractivity contribution in [2.45, 2.75) is 12.8 Å². The maximum atomic E-state index is 11.8. The molecule has 0 aliphatic heterocycles. The average Bonchev–Trinajstić information content (AvgIpc) is 3.29. The van der Waals surface area contributed by atoms with E-state index >= 15 is 0 Å². The lowest BCUT2D eigenvalue weighted by Gasteiger charge is -2.06. The van der Waals surface area contributed by atoms with Crippen LogP contribution in [-0.4, -0.2) is 22.0 Å². The molecular formula is C16H14N4O3S. The Balaban J connectivity index is 1.45. The second-order valence-electron chi connectivity index (χ2n) is 4.86. The third-order valence-corrected chi connectivity index (χ3v) is 3.99. The fraction of sp³-hybridized carbons (Fsp3) is 0.125. The molecule has 122 valence electrons. The van der Waals surface area contributed by atoms with E-state index in [0.717, 1.165) is 4.88 Å². The molecule has 24 heavy (non-hydrogen) atoms. The lowest BCUT2D eigenvalue weighted by Crippen LogP contribution is -2.41. The van der Waals surface area contributed by atoms with Gasteiger partial charge in [-0.3, -0.25) is 20.4 Å². The highest BCUT2D eigenvalue weighted by Crippen LogP contribution is 2.21. The van der Waals surface area contributed by atoms with E-state index in [0.29, 0.717) is 23.7 Å². The first-order valence-corrected chi connectivity index (χ1v) is 8.11. The standard InChI is InChI=1S/C16H14N4O3S/c21-13(18-19-16(22)11-5-2-1-3-6-11)8-9-14-17-15(20-23-14)12-7-4-10-24-12/h1-7,10H,8-9H2,(H,18,21)(H,19,22). The normalized spacial score (nSPS) is 10.3. The average molecular weight is 342 g/mol. The third-order valence-electron chi connectivity index (χ3n) is 3.13. The maximum absolute atomic E-state index is 11.8. The quantitative estimate of drug-likeness (QED) is 0.693. The van der Waals surface area contributed by atoms with Gasteiger partial charge in [-0.05, 0) is 23.6 Å². The molecule has 0 radical (unpaired) electrons. The first-order valence-electron chi connectivity index (χ1n) is 7.23. The summed E-state index contributed by atoms with van der Waals surface area (Å²) in [5, 5.41) is 5.80. The van der Waals surface area contributed by atoms with Gasteiger partial charge in [0.05, 0.1) is 4.88 Å². The van der Waals surface area contributed by atoms with Gasteiger partial charge in [0.2, 0.25) is 17.6 Å². The number of aryl methyl sites for hydroxylation is 1. The number of nitrogens with one attached hydrogen (secondary N) is 2. The summed E-state index contributed by atoms with van der Waals surface area (Å²) < 4.78 is 5.11. The van der Waals surface area contributed by atoms with E-state index in [2.05, 4.69) is 21.0 Å². The zero-order valence-electron chi connectivity index (χ0n) is 12.6. The topological polar surface area (TPSA) is 97.1 Å². The van der Waals surface area contributed by atoms with Crippen molar-refractivity contribution in [1.29, 1.82) is 0 Å². The summed E-state index contributed by atoms with van der Waals surface area (Å²) in [7, 11) is 0. The summed E-state index contributed by atoms with van der Waals surface area (Å²) in [5.74, 6) is 0.178. The highest BCUT2D eigenvalue weighted by molar-refractivity contribution is 7.13. The third kappa shape index (κ3) is 4.05. The fourth-order valence-electron chi connectivity index (χ4n) is 1.93. The highest BCUT2D eigenvalue weighted by atomic mass is 32.1. The number of hydrazine groups is 1. The number of hydrogen-bond acceptors (Lipinski definition) is 6. The molecule has 2 N–H and O–H groups in total. The Morgan fingerprint density at radius 3 is 2.67 bits per heavy atom. The Kier molecular flexibility index (Phi) is 4.97. The van der Waals surface area contributed by atoms with Crippen LogP contribution in [0.5, 0.6) is 0 Å². The fourth-order valence-corrected chi connectivity index (χ4v) is 2.58. The van der Waals surface area contributed by atoms with Crippen molar-refractivity contribution in [2.24, 2.45) is 0 Å². The highest BCUT2D eigenvalue weighted by Gasteiger charge is 2.12. The number of aromatic nitrogens is 2. The SMILES string of the molecule is O=C(CCc1nc(-c2cccs2)no1)NNC(=O)c1ccccc1. The lowest BCUT2D eigenvalue weighted by molar-refractivity contribution is -0.121. The van der Waals surface area contributed by atoms with Gasteiger partial charge in [0.15, 0.2) is 0 Å². The number of carbonyl (C=O) groups is 2. The summed E-state index contributed by atoms with van der Waals surface area (Å²) in [4.78, 5) is 28.7. The van der Waals surface area contributed by atoms with Gasteiger partial charge in [-0.1, -0.05) is 29.4 Å². The molecule has 1 aromatic carbocycles. The maximum Gasteiger partial charge on any atom is 0.269 e. The zero-order valence-corrected chi connectivity index (χ0v) is 13.4. The van der Waals surface area contributed by atoms with Crippen LogP contribution in [-0.2, 0) is 11.2 Å². The summed E-state index contributed by atoms with van der Waals surface area (Å²) in [5.41, 5.74) is 5.19. The van der Waals surface area contributed by atoms with Gasteiger partial charge in [0.25, 0.3) is 5.91 Å². The minimum absolute atomic E-state index is 0.126. The molecule has 0 saturated carbocycles. The van der Waals surface area contributed by atoms with E-state index in [9.17, 15) is 9.59 Å². The molecule has 2 heterocycles. The van der Waals surface area contributed by atoms with Gasteiger partial charge < -0.3 is 4.52 Å². The van der Waals surface area contributed by atoms with Crippen molar-refractivity contribution in [3.05, 3.63) is 59.3 Å². The van der Waals surface area contributed by atoms with E-state index in [1.54, 1.807) is 24.3 Å². The van der Waals surface area contributed by atoms with Crippen LogP contribution in [0.1, 0.15) is 22.7 Å². The Labute approximate surface area is 141 Å². The van der Waals surface area contributed by atoms with Crippen molar-refractivity contribution in [1.82, 2.24) is 21.0 Å². The smallest absolute Gasteiger partial charge is 0.269 e. The van der Waals surface area contributed by atoms with Crippen LogP contribution in [0.4, 0.5) is 0 Å². The van der Waals surface area contributed by atoms with Crippen LogP contribution in [0.2, 0.25) is 0 Å². The van der Waals surface area contributed by atoms with Crippen LogP contribution in [0.25, 0.3) is 10.7 Å². The van der Waals surface area contributed by atoms with Crippen LogP contribution in [0.15, 0.2) is 52.4 Å². The Hall–Kier alpha value is -3.00. The van der Waals surface area contributed by atoms with Crippen LogP contribution in [0.3, 0.4) is 0 Å². The number of benzene rings is 1. The van der Waals surface area contributed by atoms with Gasteiger partial charge >= 0.3 is 0 Å². The van der Waals surface area contributed by atoms with Crippen LogP contribution < -0.4 is 10.9 Å². The molecule has 0 aliphatic rings. The molecule has 0 saturated heterocycles. The Bertz CT molecular complexity index is 815. The van der Waals surface area contributed by atoms with Crippen molar-refractivity contribution in [2.75, 3.05) is 0 Å². The van der Waals surface area contributed by atoms with Crippen LogP contribution in [0, 0.1) is 0 Å². The first-order chi connectivity index (χ1) is 11.7.